The Kier molecular flexibility index (Phi) is 12.2. The Hall–Kier alpha value is -4.95. The van der Waals surface area contributed by atoms with Crippen LogP contribution in [0.1, 0.15) is 36.8 Å². The Morgan fingerprint density at radius 2 is 1.45 bits per heavy atom. The first-order valence-electron chi connectivity index (χ1n) is 14.2. The summed E-state index contributed by atoms with van der Waals surface area (Å²) in [5.74, 6) is -4.52. The first kappa shape index (κ1) is 33.6. The third-order valence-electron chi connectivity index (χ3n) is 7.06. The zero-order chi connectivity index (χ0) is 32.2. The van der Waals surface area contributed by atoms with Gasteiger partial charge in [0.15, 0.2) is 0 Å². The molecule has 44 heavy (non-hydrogen) atoms. The van der Waals surface area contributed by atoms with Gasteiger partial charge in [-0.3, -0.25) is 19.2 Å². The smallest absolute Gasteiger partial charge is 0.326 e. The number of H-pyrrole nitrogens is 1. The molecule has 1 heterocycles. The van der Waals surface area contributed by atoms with E-state index in [0.717, 1.165) is 10.9 Å². The number of amides is 4. The molecule has 4 amide bonds. The zero-order valence-corrected chi connectivity index (χ0v) is 24.1. The quantitative estimate of drug-likeness (QED) is 0.0895. The molecule has 0 saturated carbocycles. The zero-order valence-electron chi connectivity index (χ0n) is 24.1. The number of unbranched alkanes of at least 4 members (excludes halogenated alkanes) is 1. The fraction of sp³-hybridized carbons (Fsp3) is 0.367. The fourth-order valence-corrected chi connectivity index (χ4v) is 4.69. The molecule has 4 unspecified atom stereocenters. The minimum Gasteiger partial charge on any atom is -0.508 e. The molecule has 4 atom stereocenters. The normalized spacial score (nSPS) is 13.8. The third kappa shape index (κ3) is 9.81. The predicted molar refractivity (Wildman–Crippen MR) is 162 cm³/mol. The number of carbonyl (C=O) groups excluding carboxylic acids is 4. The Bertz CT molecular complexity index is 1460. The average Bonchev–Trinajstić information content (AvgIpc) is 3.39. The van der Waals surface area contributed by atoms with Crippen molar-refractivity contribution in [2.24, 2.45) is 17.2 Å². The molecule has 0 bridgehead atoms. The number of fused-ring (bicyclic) bond motifs is 1. The second kappa shape index (κ2) is 16.0. The first-order valence-corrected chi connectivity index (χ1v) is 14.2. The largest absolute Gasteiger partial charge is 0.508 e. The number of nitrogens with one attached hydrogen (secondary N) is 4. The summed E-state index contributed by atoms with van der Waals surface area (Å²) in [6, 6.07) is 8.42. The molecule has 0 aliphatic heterocycles. The number of carboxylic acids is 1. The van der Waals surface area contributed by atoms with E-state index in [4.69, 9.17) is 17.2 Å². The highest BCUT2D eigenvalue weighted by Crippen LogP contribution is 2.19. The van der Waals surface area contributed by atoms with Crippen LogP contribution in [-0.2, 0) is 36.8 Å². The molecule has 0 aliphatic carbocycles. The van der Waals surface area contributed by atoms with Gasteiger partial charge in [0, 0.05) is 23.5 Å². The van der Waals surface area contributed by atoms with Gasteiger partial charge in [0.25, 0.3) is 0 Å². The number of hydrogen-bond donors (Lipinski definition) is 9. The number of aromatic amines is 1. The van der Waals surface area contributed by atoms with E-state index in [1.165, 1.54) is 12.1 Å². The van der Waals surface area contributed by atoms with Gasteiger partial charge < -0.3 is 48.3 Å². The number of aromatic nitrogens is 1. The molecular weight excluding hydrogens is 570 g/mol. The number of benzene rings is 2. The summed E-state index contributed by atoms with van der Waals surface area (Å²) in [5, 5.41) is 27.3. The van der Waals surface area contributed by atoms with E-state index < -0.39 is 60.2 Å². The van der Waals surface area contributed by atoms with Gasteiger partial charge in [-0.15, -0.1) is 0 Å². The highest BCUT2D eigenvalue weighted by molar-refractivity contribution is 5.96. The standard InChI is InChI=1S/C30H39N7O7/c31-12-4-3-7-23(30(43)44)35-29(42)25(15-26(33)39)37-28(41)24(14-18-16-34-22-6-2-1-5-20(18)22)36-27(40)21(32)13-17-8-10-19(38)11-9-17/h1-2,5-6,8-11,16,21,23-25,34,38H,3-4,7,12-15,31-32H2,(H2,33,39)(H,35,42)(H,36,40)(H,37,41)(H,43,44). The summed E-state index contributed by atoms with van der Waals surface area (Å²) in [6.07, 6.45) is 2.26. The number of carboxylic acid groups (broad SMARTS) is 1. The highest BCUT2D eigenvalue weighted by atomic mass is 16.4. The molecule has 3 aromatic rings. The SMILES string of the molecule is NCCCCC(NC(=O)C(CC(N)=O)NC(=O)C(Cc1c[nH]c2ccccc12)NC(=O)C(N)Cc1ccc(O)cc1)C(=O)O. The van der Waals surface area contributed by atoms with Crippen LogP contribution in [0, 0.1) is 0 Å². The monoisotopic (exact) mass is 609 g/mol. The molecule has 2 aromatic carbocycles. The van der Waals surface area contributed by atoms with Crippen molar-refractivity contribution in [3.8, 4) is 5.75 Å². The lowest BCUT2D eigenvalue weighted by molar-refractivity contribution is -0.142. The Morgan fingerprint density at radius 3 is 2.11 bits per heavy atom. The van der Waals surface area contributed by atoms with Gasteiger partial charge in [-0.25, -0.2) is 4.79 Å². The van der Waals surface area contributed by atoms with Gasteiger partial charge in [-0.05, 0) is 61.6 Å². The molecule has 12 N–H and O–H groups in total. The fourth-order valence-electron chi connectivity index (χ4n) is 4.69. The lowest BCUT2D eigenvalue weighted by Crippen LogP contribution is -2.58. The number of hydrogen-bond acceptors (Lipinski definition) is 8. The van der Waals surface area contributed by atoms with Crippen LogP contribution in [-0.4, -0.2) is 75.5 Å². The number of aliphatic carboxylic acids is 1. The number of nitrogens with two attached hydrogens (primary N) is 3. The van der Waals surface area contributed by atoms with Gasteiger partial charge in [-0.1, -0.05) is 30.3 Å². The highest BCUT2D eigenvalue weighted by Gasteiger charge is 2.31. The van der Waals surface area contributed by atoms with Crippen LogP contribution in [0.2, 0.25) is 0 Å². The summed E-state index contributed by atoms with van der Waals surface area (Å²) in [4.78, 5) is 66.5. The van der Waals surface area contributed by atoms with Gasteiger partial charge in [-0.2, -0.15) is 0 Å². The summed E-state index contributed by atoms with van der Waals surface area (Å²) in [7, 11) is 0. The maximum atomic E-state index is 13.6. The summed E-state index contributed by atoms with van der Waals surface area (Å²) in [5.41, 5.74) is 19.1. The number of primary amides is 1. The van der Waals surface area contributed by atoms with Crippen molar-refractivity contribution in [2.75, 3.05) is 6.54 Å². The van der Waals surface area contributed by atoms with Crippen molar-refractivity contribution in [1.82, 2.24) is 20.9 Å². The number of rotatable bonds is 17. The molecule has 3 rings (SSSR count). The molecule has 14 nitrogen and oxygen atoms in total. The van der Waals surface area contributed by atoms with Crippen molar-refractivity contribution in [2.45, 2.75) is 62.7 Å². The maximum Gasteiger partial charge on any atom is 0.326 e. The van der Waals surface area contributed by atoms with Gasteiger partial charge >= 0.3 is 5.97 Å². The van der Waals surface area contributed by atoms with Gasteiger partial charge in [0.05, 0.1) is 12.5 Å². The minimum atomic E-state index is -1.51. The summed E-state index contributed by atoms with van der Waals surface area (Å²) < 4.78 is 0. The van der Waals surface area contributed by atoms with E-state index in [0.29, 0.717) is 30.5 Å². The molecular formula is C30H39N7O7. The van der Waals surface area contributed by atoms with Crippen molar-refractivity contribution in [3.63, 3.8) is 0 Å². The topological polar surface area (TPSA) is 256 Å². The van der Waals surface area contributed by atoms with Crippen LogP contribution in [0.4, 0.5) is 0 Å². The van der Waals surface area contributed by atoms with Crippen molar-refractivity contribution in [1.29, 1.82) is 0 Å². The number of para-hydroxylation sites is 1. The first-order chi connectivity index (χ1) is 21.0. The van der Waals surface area contributed by atoms with Crippen LogP contribution in [0.25, 0.3) is 10.9 Å². The molecule has 236 valence electrons. The Labute approximate surface area is 253 Å². The van der Waals surface area contributed by atoms with Gasteiger partial charge in [0.2, 0.25) is 23.6 Å². The molecule has 0 saturated heterocycles. The van der Waals surface area contributed by atoms with Crippen LogP contribution >= 0.6 is 0 Å². The van der Waals surface area contributed by atoms with E-state index >= 15 is 0 Å². The molecule has 0 spiro atoms. The predicted octanol–water partition coefficient (Wildman–Crippen LogP) is -0.471. The minimum absolute atomic E-state index is 0.00470. The van der Waals surface area contributed by atoms with E-state index in [1.54, 1.807) is 18.3 Å². The van der Waals surface area contributed by atoms with E-state index in [9.17, 15) is 34.2 Å². The van der Waals surface area contributed by atoms with Gasteiger partial charge in [0.1, 0.15) is 23.9 Å². The lowest BCUT2D eigenvalue weighted by Gasteiger charge is -2.25. The second-order valence-electron chi connectivity index (χ2n) is 10.5. The van der Waals surface area contributed by atoms with Crippen LogP contribution in [0.5, 0.6) is 5.75 Å². The number of carbonyl (C=O) groups is 5. The van der Waals surface area contributed by atoms with E-state index in [-0.39, 0.29) is 25.0 Å². The van der Waals surface area contributed by atoms with Crippen LogP contribution < -0.4 is 33.2 Å². The molecule has 14 heteroatoms. The molecule has 0 fully saturated rings. The van der Waals surface area contributed by atoms with Crippen molar-refractivity contribution < 1.29 is 34.2 Å². The summed E-state index contributed by atoms with van der Waals surface area (Å²) >= 11 is 0. The van der Waals surface area contributed by atoms with Crippen LogP contribution in [0.15, 0.2) is 54.7 Å². The number of aromatic hydroxyl groups is 1. The van der Waals surface area contributed by atoms with Crippen molar-refractivity contribution in [3.05, 3.63) is 65.9 Å². The van der Waals surface area contributed by atoms with Crippen molar-refractivity contribution >= 4 is 40.5 Å². The number of phenolic OH excluding ortho intramolecular Hbond substituents is 1. The average molecular weight is 610 g/mol. The maximum absolute atomic E-state index is 13.6. The summed E-state index contributed by atoms with van der Waals surface area (Å²) in [6.45, 7) is 0.350. The number of phenols is 1. The van der Waals surface area contributed by atoms with E-state index in [1.807, 2.05) is 24.3 Å². The molecule has 1 aromatic heterocycles. The van der Waals surface area contributed by atoms with Crippen LogP contribution in [0.3, 0.4) is 0 Å². The molecule has 0 aliphatic rings. The Morgan fingerprint density at radius 1 is 0.818 bits per heavy atom. The second-order valence-corrected chi connectivity index (χ2v) is 10.5. The third-order valence-corrected chi connectivity index (χ3v) is 7.06. The van der Waals surface area contributed by atoms with E-state index in [2.05, 4.69) is 20.9 Å². The molecule has 0 radical (unpaired) electrons. The Balaban J connectivity index is 1.81. The lowest BCUT2D eigenvalue weighted by atomic mass is 10.0.